The summed E-state index contributed by atoms with van der Waals surface area (Å²) in [5.41, 5.74) is 0.0886. The summed E-state index contributed by atoms with van der Waals surface area (Å²) < 4.78 is 4.83. The number of hydrogen-bond acceptors (Lipinski definition) is 4. The van der Waals surface area contributed by atoms with Crippen molar-refractivity contribution in [1.29, 1.82) is 0 Å². The SMILES string of the molecule is Cc1conc1N1C(=O)NC2(CC(C(C)(C)C)C2)C1=O. The van der Waals surface area contributed by atoms with Gasteiger partial charge in [-0.2, -0.15) is 0 Å². The van der Waals surface area contributed by atoms with E-state index in [-0.39, 0.29) is 11.3 Å². The van der Waals surface area contributed by atoms with Crippen molar-refractivity contribution in [2.24, 2.45) is 11.3 Å². The Hall–Kier alpha value is -1.85. The molecule has 20 heavy (non-hydrogen) atoms. The molecule has 1 aliphatic heterocycles. The summed E-state index contributed by atoms with van der Waals surface area (Å²) in [5, 5.41) is 6.60. The Morgan fingerprint density at radius 3 is 2.55 bits per heavy atom. The monoisotopic (exact) mass is 277 g/mol. The molecule has 1 spiro atoms. The quantitative estimate of drug-likeness (QED) is 0.799. The van der Waals surface area contributed by atoms with Gasteiger partial charge in [-0.1, -0.05) is 25.9 Å². The molecular weight excluding hydrogens is 258 g/mol. The average Bonchev–Trinajstić information content (AvgIpc) is 2.77. The molecule has 108 valence electrons. The van der Waals surface area contributed by atoms with Crippen molar-refractivity contribution in [3.8, 4) is 0 Å². The topological polar surface area (TPSA) is 75.4 Å². The van der Waals surface area contributed by atoms with E-state index in [9.17, 15) is 9.59 Å². The number of hydrogen-bond donors (Lipinski definition) is 1. The molecule has 1 saturated heterocycles. The lowest BCUT2D eigenvalue weighted by molar-refractivity contribution is -0.128. The Balaban J connectivity index is 1.85. The van der Waals surface area contributed by atoms with Gasteiger partial charge in [0.25, 0.3) is 5.91 Å². The number of aromatic nitrogens is 1. The molecule has 6 nitrogen and oxygen atoms in total. The summed E-state index contributed by atoms with van der Waals surface area (Å²) in [6.45, 7) is 8.23. The van der Waals surface area contributed by atoms with E-state index in [1.54, 1.807) is 6.92 Å². The first-order chi connectivity index (χ1) is 9.24. The lowest BCUT2D eigenvalue weighted by Crippen LogP contribution is -2.59. The second-order valence-corrected chi connectivity index (χ2v) is 6.95. The minimum absolute atomic E-state index is 0.146. The summed E-state index contributed by atoms with van der Waals surface area (Å²) in [6, 6.07) is -0.403. The van der Waals surface area contributed by atoms with E-state index in [0.717, 1.165) is 4.90 Å². The highest BCUT2D eigenvalue weighted by atomic mass is 16.5. The fraction of sp³-hybridized carbons (Fsp3) is 0.643. The third-order valence-electron chi connectivity index (χ3n) is 4.51. The Labute approximate surface area is 117 Å². The molecule has 0 radical (unpaired) electrons. The number of carbonyl (C=O) groups excluding carboxylic acids is 2. The van der Waals surface area contributed by atoms with E-state index in [1.165, 1.54) is 6.26 Å². The van der Waals surface area contributed by atoms with Crippen LogP contribution in [0.1, 0.15) is 39.2 Å². The lowest BCUT2D eigenvalue weighted by Gasteiger charge is -2.48. The van der Waals surface area contributed by atoms with Crippen molar-refractivity contribution < 1.29 is 14.1 Å². The zero-order chi connectivity index (χ0) is 14.7. The van der Waals surface area contributed by atoms with Crippen molar-refractivity contribution in [3.05, 3.63) is 11.8 Å². The maximum Gasteiger partial charge on any atom is 0.331 e. The highest BCUT2D eigenvalue weighted by Gasteiger charge is 2.61. The van der Waals surface area contributed by atoms with Crippen molar-refractivity contribution in [1.82, 2.24) is 10.5 Å². The molecule has 0 atom stereocenters. The number of anilines is 1. The maximum atomic E-state index is 12.6. The van der Waals surface area contributed by atoms with Crippen LogP contribution >= 0.6 is 0 Å². The first-order valence-electron chi connectivity index (χ1n) is 6.82. The van der Waals surface area contributed by atoms with E-state index in [2.05, 4.69) is 31.2 Å². The highest BCUT2D eigenvalue weighted by Crippen LogP contribution is 2.50. The first-order valence-corrected chi connectivity index (χ1v) is 6.82. The second-order valence-electron chi connectivity index (χ2n) is 6.95. The predicted octanol–water partition coefficient (Wildman–Crippen LogP) is 2.23. The van der Waals surface area contributed by atoms with E-state index in [4.69, 9.17) is 4.52 Å². The van der Waals surface area contributed by atoms with E-state index in [1.807, 2.05) is 0 Å². The van der Waals surface area contributed by atoms with Gasteiger partial charge < -0.3 is 9.84 Å². The maximum absolute atomic E-state index is 12.6. The van der Waals surface area contributed by atoms with Crippen LogP contribution in [0, 0.1) is 18.3 Å². The second kappa shape index (κ2) is 3.84. The van der Waals surface area contributed by atoms with Crippen LogP contribution < -0.4 is 10.2 Å². The molecule has 1 N–H and O–H groups in total. The van der Waals surface area contributed by atoms with Crippen LogP contribution in [0.3, 0.4) is 0 Å². The van der Waals surface area contributed by atoms with E-state index < -0.39 is 11.6 Å². The summed E-state index contributed by atoms with van der Waals surface area (Å²) in [7, 11) is 0. The molecule has 3 rings (SSSR count). The standard InChI is InChI=1S/C14H19N3O3/c1-8-7-20-16-10(8)17-11(18)14(15-12(17)19)5-9(6-14)13(2,3)4/h7,9H,5-6H2,1-4H3,(H,15,19). The summed E-state index contributed by atoms with van der Waals surface area (Å²) in [5.74, 6) is 0.522. The summed E-state index contributed by atoms with van der Waals surface area (Å²) >= 11 is 0. The largest absolute Gasteiger partial charge is 0.362 e. The average molecular weight is 277 g/mol. The molecule has 0 aromatic carbocycles. The van der Waals surface area contributed by atoms with Gasteiger partial charge in [-0.3, -0.25) is 4.79 Å². The molecule has 1 saturated carbocycles. The molecule has 2 fully saturated rings. The number of nitrogens with one attached hydrogen (secondary N) is 1. The van der Waals surface area contributed by atoms with Crippen molar-refractivity contribution in [2.75, 3.05) is 4.90 Å². The van der Waals surface area contributed by atoms with Gasteiger partial charge in [0, 0.05) is 5.56 Å². The molecule has 0 bridgehead atoms. The molecule has 2 aliphatic rings. The molecule has 6 heteroatoms. The third-order valence-corrected chi connectivity index (χ3v) is 4.51. The summed E-state index contributed by atoms with van der Waals surface area (Å²) in [6.07, 6.45) is 2.81. The van der Waals surface area contributed by atoms with Crippen molar-refractivity contribution in [3.63, 3.8) is 0 Å². The Kier molecular flexibility index (Phi) is 2.52. The van der Waals surface area contributed by atoms with Crippen LogP contribution in [0.25, 0.3) is 0 Å². The van der Waals surface area contributed by atoms with Crippen LogP contribution in [0.2, 0.25) is 0 Å². The fourth-order valence-corrected chi connectivity index (χ4v) is 2.98. The predicted molar refractivity (Wildman–Crippen MR) is 72.2 cm³/mol. The Bertz CT molecular complexity index is 579. The number of amides is 3. The van der Waals surface area contributed by atoms with Crippen LogP contribution in [0.5, 0.6) is 0 Å². The van der Waals surface area contributed by atoms with Gasteiger partial charge in [-0.25, -0.2) is 9.69 Å². The number of rotatable bonds is 1. The van der Waals surface area contributed by atoms with Gasteiger partial charge in [0.15, 0.2) is 5.82 Å². The highest BCUT2D eigenvalue weighted by molar-refractivity contribution is 6.23. The van der Waals surface area contributed by atoms with Gasteiger partial charge >= 0.3 is 6.03 Å². The van der Waals surface area contributed by atoms with Gasteiger partial charge in [0.2, 0.25) is 0 Å². The number of imide groups is 1. The molecule has 1 aliphatic carbocycles. The Morgan fingerprint density at radius 2 is 2.05 bits per heavy atom. The zero-order valence-electron chi connectivity index (χ0n) is 12.2. The van der Waals surface area contributed by atoms with Crippen molar-refractivity contribution >= 4 is 17.8 Å². The van der Waals surface area contributed by atoms with Crippen molar-refractivity contribution in [2.45, 2.75) is 46.1 Å². The minimum atomic E-state index is -0.736. The van der Waals surface area contributed by atoms with Gasteiger partial charge in [-0.15, -0.1) is 0 Å². The molecule has 3 amide bonds. The Morgan fingerprint density at radius 1 is 1.40 bits per heavy atom. The molecule has 0 unspecified atom stereocenters. The van der Waals surface area contributed by atoms with Crippen LogP contribution in [-0.2, 0) is 4.79 Å². The van der Waals surface area contributed by atoms with Crippen LogP contribution in [0.4, 0.5) is 10.6 Å². The third kappa shape index (κ3) is 1.67. The van der Waals surface area contributed by atoms with Gasteiger partial charge in [-0.05, 0) is 31.1 Å². The molecule has 1 aromatic heterocycles. The minimum Gasteiger partial charge on any atom is -0.362 e. The van der Waals surface area contributed by atoms with E-state index >= 15 is 0 Å². The zero-order valence-corrected chi connectivity index (χ0v) is 12.2. The van der Waals surface area contributed by atoms with Gasteiger partial charge in [0.1, 0.15) is 11.8 Å². The van der Waals surface area contributed by atoms with E-state index in [0.29, 0.717) is 30.1 Å². The number of carbonyl (C=O) groups is 2. The first kappa shape index (κ1) is 13.1. The van der Waals surface area contributed by atoms with Gasteiger partial charge in [0.05, 0.1) is 0 Å². The lowest BCUT2D eigenvalue weighted by atomic mass is 9.59. The normalized spacial score (nSPS) is 29.8. The molecule has 1 aromatic rings. The van der Waals surface area contributed by atoms with Crippen LogP contribution in [-0.4, -0.2) is 22.6 Å². The fourth-order valence-electron chi connectivity index (χ4n) is 2.98. The molecular formula is C14H19N3O3. The number of aryl methyl sites for hydroxylation is 1. The van der Waals surface area contributed by atoms with Crippen LogP contribution in [0.15, 0.2) is 10.8 Å². The number of nitrogens with zero attached hydrogens (tertiary/aromatic N) is 2. The smallest absolute Gasteiger partial charge is 0.331 e. The number of urea groups is 1. The summed E-state index contributed by atoms with van der Waals surface area (Å²) in [4.78, 5) is 25.8. The molecule has 2 heterocycles.